The van der Waals surface area contributed by atoms with Crippen molar-refractivity contribution in [1.29, 1.82) is 5.26 Å². The molecular weight excluding hydrogens is 228 g/mol. The molecule has 1 aromatic rings. The van der Waals surface area contributed by atoms with Crippen LogP contribution < -0.4 is 0 Å². The Kier molecular flexibility index (Phi) is 4.16. The molecule has 17 heavy (non-hydrogen) atoms. The van der Waals surface area contributed by atoms with Gasteiger partial charge in [0.05, 0.1) is 24.3 Å². The summed E-state index contributed by atoms with van der Waals surface area (Å²) in [6.07, 6.45) is -2.56. The Labute approximate surface area is 97.6 Å². The van der Waals surface area contributed by atoms with Crippen molar-refractivity contribution in [3.05, 3.63) is 34.4 Å². The number of esters is 1. The van der Waals surface area contributed by atoms with E-state index in [9.17, 15) is 13.6 Å². The maximum atomic E-state index is 13.0. The normalized spacial score (nSPS) is 10.1. The number of halogens is 2. The van der Waals surface area contributed by atoms with Crippen LogP contribution in [-0.4, -0.2) is 13.1 Å². The molecule has 0 bridgehead atoms. The number of ether oxygens (including phenoxy) is 1. The summed E-state index contributed by atoms with van der Waals surface area (Å²) < 4.78 is 30.4. The average Bonchev–Trinajstić information content (AvgIpc) is 2.35. The van der Waals surface area contributed by atoms with E-state index in [0.717, 1.165) is 7.11 Å². The van der Waals surface area contributed by atoms with Gasteiger partial charge >= 0.3 is 5.97 Å². The predicted molar refractivity (Wildman–Crippen MR) is 56.8 cm³/mol. The topological polar surface area (TPSA) is 50.1 Å². The predicted octanol–water partition coefficient (Wildman–Crippen LogP) is 2.84. The minimum absolute atomic E-state index is 0.162. The highest BCUT2D eigenvalue weighted by molar-refractivity contribution is 5.92. The van der Waals surface area contributed by atoms with Crippen LogP contribution in [-0.2, 0) is 11.2 Å². The summed E-state index contributed by atoms with van der Waals surface area (Å²) in [5, 5.41) is 8.83. The van der Waals surface area contributed by atoms with Gasteiger partial charge in [0.1, 0.15) is 0 Å². The molecule has 0 atom stereocenters. The molecule has 0 aliphatic heterocycles. The van der Waals surface area contributed by atoms with Crippen LogP contribution >= 0.6 is 0 Å². The molecule has 0 amide bonds. The molecule has 3 nitrogen and oxygen atoms in total. The largest absolute Gasteiger partial charge is 0.465 e. The molecule has 1 aromatic carbocycles. The maximum absolute atomic E-state index is 13.0. The van der Waals surface area contributed by atoms with E-state index in [1.807, 2.05) is 6.07 Å². The molecule has 0 unspecified atom stereocenters. The Morgan fingerprint density at radius 2 is 2.18 bits per heavy atom. The van der Waals surface area contributed by atoms with Crippen LogP contribution in [0.5, 0.6) is 0 Å². The van der Waals surface area contributed by atoms with Gasteiger partial charge < -0.3 is 4.74 Å². The van der Waals surface area contributed by atoms with Crippen LogP contribution in [0.3, 0.4) is 0 Å². The number of nitrogens with zero attached hydrogens (tertiary/aromatic N) is 1. The van der Waals surface area contributed by atoms with Crippen LogP contribution in [0.2, 0.25) is 0 Å². The summed E-state index contributed by atoms with van der Waals surface area (Å²) in [7, 11) is 1.13. The second-order valence-electron chi connectivity index (χ2n) is 3.31. The number of hydrogen-bond donors (Lipinski definition) is 0. The highest BCUT2D eigenvalue weighted by Gasteiger charge is 2.24. The minimum atomic E-state index is -2.81. The molecule has 0 radical (unpaired) electrons. The van der Waals surface area contributed by atoms with E-state index in [1.165, 1.54) is 12.1 Å². The Balaban J connectivity index is 3.54. The van der Waals surface area contributed by atoms with Crippen LogP contribution in [0.4, 0.5) is 8.78 Å². The van der Waals surface area contributed by atoms with Gasteiger partial charge in [0.25, 0.3) is 6.43 Å². The molecule has 0 spiro atoms. The van der Waals surface area contributed by atoms with Crippen LogP contribution in [0.15, 0.2) is 12.1 Å². The highest BCUT2D eigenvalue weighted by Crippen LogP contribution is 2.30. The molecular formula is C12H11F2NO2. The van der Waals surface area contributed by atoms with Crippen molar-refractivity contribution in [1.82, 2.24) is 0 Å². The maximum Gasteiger partial charge on any atom is 0.338 e. The Bertz CT molecular complexity index is 478. The zero-order valence-electron chi connectivity index (χ0n) is 9.46. The van der Waals surface area contributed by atoms with Gasteiger partial charge in [-0.2, -0.15) is 5.26 Å². The molecule has 5 heteroatoms. The first-order valence-corrected chi connectivity index (χ1v) is 4.99. The third-order valence-corrected chi connectivity index (χ3v) is 2.45. The lowest BCUT2D eigenvalue weighted by Gasteiger charge is -2.13. The first kappa shape index (κ1) is 13.1. The van der Waals surface area contributed by atoms with Crippen LogP contribution in [0, 0.1) is 11.3 Å². The van der Waals surface area contributed by atoms with Gasteiger partial charge in [-0.05, 0) is 24.1 Å². The van der Waals surface area contributed by atoms with Gasteiger partial charge in [0.2, 0.25) is 0 Å². The van der Waals surface area contributed by atoms with Crippen molar-refractivity contribution >= 4 is 5.97 Å². The molecule has 0 N–H and O–H groups in total. The number of rotatable bonds is 3. The molecule has 0 saturated carbocycles. The Morgan fingerprint density at radius 1 is 1.53 bits per heavy atom. The molecule has 0 saturated heterocycles. The summed E-state index contributed by atoms with van der Waals surface area (Å²) in [6, 6.07) is 4.40. The van der Waals surface area contributed by atoms with Crippen molar-refractivity contribution in [3.8, 4) is 6.07 Å². The van der Waals surface area contributed by atoms with Crippen molar-refractivity contribution < 1.29 is 18.3 Å². The molecule has 0 aliphatic carbocycles. The number of hydrogen-bond acceptors (Lipinski definition) is 3. The highest BCUT2D eigenvalue weighted by atomic mass is 19.3. The first-order valence-electron chi connectivity index (χ1n) is 4.99. The number of alkyl halides is 2. The SMILES string of the molecule is CCc1c(C#N)ccc(C(=O)OC)c1C(F)F. The zero-order chi connectivity index (χ0) is 13.0. The third kappa shape index (κ3) is 2.41. The minimum Gasteiger partial charge on any atom is -0.465 e. The van der Waals surface area contributed by atoms with E-state index in [0.29, 0.717) is 0 Å². The molecule has 0 aliphatic rings. The van der Waals surface area contributed by atoms with Crippen molar-refractivity contribution in [2.45, 2.75) is 19.8 Å². The average molecular weight is 239 g/mol. The Morgan fingerprint density at radius 3 is 2.59 bits per heavy atom. The fraction of sp³-hybridized carbons (Fsp3) is 0.333. The van der Waals surface area contributed by atoms with Gasteiger partial charge in [0, 0.05) is 5.56 Å². The number of methoxy groups -OCH3 is 1. The van der Waals surface area contributed by atoms with Crippen LogP contribution in [0.25, 0.3) is 0 Å². The van der Waals surface area contributed by atoms with E-state index in [1.54, 1.807) is 6.92 Å². The standard InChI is InChI=1S/C12H11F2NO2/c1-3-8-7(6-15)4-5-9(12(16)17-2)10(8)11(13)14/h4-5,11H,3H2,1-2H3. The molecule has 1 rings (SSSR count). The smallest absolute Gasteiger partial charge is 0.338 e. The molecule has 0 aromatic heterocycles. The molecule has 0 fully saturated rings. The van der Waals surface area contributed by atoms with Gasteiger partial charge in [-0.15, -0.1) is 0 Å². The van der Waals surface area contributed by atoms with E-state index >= 15 is 0 Å². The van der Waals surface area contributed by atoms with E-state index < -0.39 is 18.0 Å². The van der Waals surface area contributed by atoms with Gasteiger partial charge in [-0.1, -0.05) is 6.92 Å². The summed E-state index contributed by atoms with van der Waals surface area (Å²) in [5.74, 6) is -0.820. The first-order chi connectivity index (χ1) is 8.06. The van der Waals surface area contributed by atoms with E-state index in [-0.39, 0.29) is 23.1 Å². The number of nitriles is 1. The fourth-order valence-electron chi connectivity index (χ4n) is 1.69. The lowest BCUT2D eigenvalue weighted by Crippen LogP contribution is -2.10. The monoisotopic (exact) mass is 239 g/mol. The third-order valence-electron chi connectivity index (χ3n) is 2.45. The lowest BCUT2D eigenvalue weighted by atomic mass is 9.95. The molecule has 90 valence electrons. The summed E-state index contributed by atoms with van der Waals surface area (Å²) >= 11 is 0. The second kappa shape index (κ2) is 5.39. The number of carbonyl (C=O) groups excluding carboxylic acids is 1. The second-order valence-corrected chi connectivity index (χ2v) is 3.31. The zero-order valence-corrected chi connectivity index (χ0v) is 9.46. The van der Waals surface area contributed by atoms with E-state index in [2.05, 4.69) is 4.74 Å². The number of benzene rings is 1. The van der Waals surface area contributed by atoms with Crippen LogP contribution in [0.1, 0.15) is 40.4 Å². The summed E-state index contributed by atoms with van der Waals surface area (Å²) in [6.45, 7) is 1.66. The summed E-state index contributed by atoms with van der Waals surface area (Å²) in [5.41, 5.74) is -0.224. The fourth-order valence-corrected chi connectivity index (χ4v) is 1.69. The quantitative estimate of drug-likeness (QED) is 0.762. The van der Waals surface area contributed by atoms with Crippen molar-refractivity contribution in [3.63, 3.8) is 0 Å². The van der Waals surface area contributed by atoms with Gasteiger partial charge in [-0.3, -0.25) is 0 Å². The number of carbonyl (C=O) groups is 1. The molecule has 0 heterocycles. The lowest BCUT2D eigenvalue weighted by molar-refractivity contribution is 0.0589. The van der Waals surface area contributed by atoms with Crippen molar-refractivity contribution in [2.24, 2.45) is 0 Å². The van der Waals surface area contributed by atoms with Crippen molar-refractivity contribution in [2.75, 3.05) is 7.11 Å². The Hall–Kier alpha value is -1.96. The van der Waals surface area contributed by atoms with E-state index in [4.69, 9.17) is 5.26 Å². The van der Waals surface area contributed by atoms with Gasteiger partial charge in [0.15, 0.2) is 0 Å². The van der Waals surface area contributed by atoms with Gasteiger partial charge in [-0.25, -0.2) is 13.6 Å². The summed E-state index contributed by atoms with van der Waals surface area (Å²) in [4.78, 5) is 11.4.